The molecule has 0 radical (unpaired) electrons. The maximum absolute atomic E-state index is 12.8. The molecule has 4 aromatic rings. The number of para-hydroxylation sites is 1. The summed E-state index contributed by atoms with van der Waals surface area (Å²) in [7, 11) is 1.56. The minimum Gasteiger partial charge on any atom is -0.494 e. The molecule has 9 nitrogen and oxygen atoms in total. The predicted octanol–water partition coefficient (Wildman–Crippen LogP) is 3.06. The van der Waals surface area contributed by atoms with Crippen LogP contribution in [-0.4, -0.2) is 49.7 Å². The summed E-state index contributed by atoms with van der Waals surface area (Å²) in [6.45, 7) is 1.12. The van der Waals surface area contributed by atoms with E-state index in [0.29, 0.717) is 35.8 Å². The Morgan fingerprint density at radius 1 is 1.16 bits per heavy atom. The molecule has 3 aromatic heterocycles. The number of nitrogens with zero attached hydrogens (tertiary/aromatic N) is 7. The van der Waals surface area contributed by atoms with Crippen LogP contribution in [-0.2, 0) is 6.18 Å². The van der Waals surface area contributed by atoms with Crippen molar-refractivity contribution in [1.29, 1.82) is 0 Å². The number of benzene rings is 1. The fourth-order valence-corrected chi connectivity index (χ4v) is 3.98. The zero-order valence-corrected chi connectivity index (χ0v) is 17.0. The molecule has 1 aliphatic heterocycles. The Balaban J connectivity index is 1.47. The summed E-state index contributed by atoms with van der Waals surface area (Å²) in [4.78, 5) is 18.8. The van der Waals surface area contributed by atoms with E-state index in [1.807, 2.05) is 17.0 Å². The van der Waals surface area contributed by atoms with E-state index in [4.69, 9.17) is 15.5 Å². The van der Waals surface area contributed by atoms with Gasteiger partial charge in [0, 0.05) is 36.8 Å². The quantitative estimate of drug-likeness (QED) is 0.514. The second-order valence-corrected chi connectivity index (χ2v) is 7.59. The first kappa shape index (κ1) is 20.2. The molecule has 0 spiro atoms. The molecule has 5 rings (SSSR count). The van der Waals surface area contributed by atoms with Crippen LogP contribution in [0.5, 0.6) is 5.75 Å². The molecule has 2 N–H and O–H groups in total. The van der Waals surface area contributed by atoms with Gasteiger partial charge in [-0.2, -0.15) is 17.7 Å². The van der Waals surface area contributed by atoms with Crippen LogP contribution in [0.1, 0.15) is 30.1 Å². The number of nitrogens with two attached hydrogens (primary N) is 1. The number of hydrogen-bond acceptors (Lipinski definition) is 8. The molecule has 0 aliphatic carbocycles. The zero-order chi connectivity index (χ0) is 22.5. The molecule has 1 fully saturated rings. The topological polar surface area (TPSA) is 107 Å². The number of fused-ring (bicyclic) bond motifs is 3. The van der Waals surface area contributed by atoms with Crippen molar-refractivity contribution < 1.29 is 17.9 Å². The van der Waals surface area contributed by atoms with Gasteiger partial charge in [-0.05, 0) is 25.0 Å². The van der Waals surface area contributed by atoms with Crippen LogP contribution in [0.2, 0.25) is 0 Å². The number of alkyl halides is 3. The van der Waals surface area contributed by atoms with Gasteiger partial charge in [0.1, 0.15) is 11.3 Å². The van der Waals surface area contributed by atoms with Gasteiger partial charge in [0.2, 0.25) is 11.9 Å². The molecule has 32 heavy (non-hydrogen) atoms. The average Bonchev–Trinajstić information content (AvgIpc) is 3.25. The van der Waals surface area contributed by atoms with Crippen molar-refractivity contribution in [3.05, 3.63) is 42.0 Å². The molecule has 1 atom stereocenters. The third-order valence-corrected chi connectivity index (χ3v) is 5.56. The Morgan fingerprint density at radius 2 is 1.94 bits per heavy atom. The lowest BCUT2D eigenvalue weighted by Crippen LogP contribution is -2.36. The summed E-state index contributed by atoms with van der Waals surface area (Å²) in [5, 5.41) is 5.34. The highest BCUT2D eigenvalue weighted by molar-refractivity contribution is 5.95. The number of nitrogen functional groups attached to an aromatic ring is 1. The molecule has 1 saturated heterocycles. The number of halogens is 3. The maximum atomic E-state index is 12.8. The number of anilines is 2. The number of rotatable bonds is 3. The van der Waals surface area contributed by atoms with E-state index in [1.54, 1.807) is 13.2 Å². The minimum atomic E-state index is -4.47. The average molecular weight is 444 g/mol. The van der Waals surface area contributed by atoms with Crippen LogP contribution in [0.25, 0.3) is 16.6 Å². The second-order valence-electron chi connectivity index (χ2n) is 7.59. The highest BCUT2D eigenvalue weighted by atomic mass is 19.4. The van der Waals surface area contributed by atoms with Crippen molar-refractivity contribution in [2.24, 2.45) is 0 Å². The van der Waals surface area contributed by atoms with Crippen LogP contribution in [0.3, 0.4) is 0 Å². The van der Waals surface area contributed by atoms with Gasteiger partial charge >= 0.3 is 6.18 Å². The SMILES string of the molecule is COc1cccc2c1nc(N)n1nc([C@@H]3CCCN(c4ncc(C(F)(F)F)cn4)C3)nc21. The smallest absolute Gasteiger partial charge is 0.419 e. The van der Waals surface area contributed by atoms with E-state index in [-0.39, 0.29) is 17.8 Å². The van der Waals surface area contributed by atoms with Gasteiger partial charge in [-0.15, -0.1) is 5.10 Å². The van der Waals surface area contributed by atoms with Gasteiger partial charge in [0.25, 0.3) is 0 Å². The third kappa shape index (κ3) is 3.41. The van der Waals surface area contributed by atoms with Gasteiger partial charge in [0.05, 0.1) is 12.7 Å². The normalized spacial score (nSPS) is 17.2. The van der Waals surface area contributed by atoms with E-state index in [0.717, 1.165) is 30.6 Å². The largest absolute Gasteiger partial charge is 0.494 e. The van der Waals surface area contributed by atoms with E-state index in [2.05, 4.69) is 20.1 Å². The van der Waals surface area contributed by atoms with E-state index in [9.17, 15) is 13.2 Å². The maximum Gasteiger partial charge on any atom is 0.419 e. The van der Waals surface area contributed by atoms with Crippen molar-refractivity contribution in [2.45, 2.75) is 24.9 Å². The Hall–Kier alpha value is -3.70. The van der Waals surface area contributed by atoms with Crippen LogP contribution >= 0.6 is 0 Å². The first-order valence-corrected chi connectivity index (χ1v) is 9.98. The molecule has 0 saturated carbocycles. The summed E-state index contributed by atoms with van der Waals surface area (Å²) >= 11 is 0. The molecule has 0 bridgehead atoms. The lowest BCUT2D eigenvalue weighted by Gasteiger charge is -2.31. The molecule has 1 aliphatic rings. The van der Waals surface area contributed by atoms with E-state index < -0.39 is 11.7 Å². The van der Waals surface area contributed by atoms with Crippen LogP contribution in [0.4, 0.5) is 25.1 Å². The van der Waals surface area contributed by atoms with Gasteiger partial charge in [-0.25, -0.2) is 19.9 Å². The molecule has 4 heterocycles. The Kier molecular flexibility index (Phi) is 4.72. The van der Waals surface area contributed by atoms with Gasteiger partial charge < -0.3 is 15.4 Å². The van der Waals surface area contributed by atoms with Crippen molar-refractivity contribution in [3.8, 4) is 5.75 Å². The first-order chi connectivity index (χ1) is 15.3. The van der Waals surface area contributed by atoms with E-state index >= 15 is 0 Å². The number of aromatic nitrogens is 6. The fraction of sp³-hybridized carbons (Fsp3) is 0.350. The highest BCUT2D eigenvalue weighted by Gasteiger charge is 2.32. The zero-order valence-electron chi connectivity index (χ0n) is 17.0. The van der Waals surface area contributed by atoms with E-state index in [1.165, 1.54) is 4.52 Å². The summed E-state index contributed by atoms with van der Waals surface area (Å²) in [6.07, 6.45) is -1.24. The minimum absolute atomic E-state index is 0.0606. The first-order valence-electron chi connectivity index (χ1n) is 9.98. The molecule has 12 heteroatoms. The number of hydrogen-bond donors (Lipinski definition) is 1. The van der Waals surface area contributed by atoms with Crippen LogP contribution < -0.4 is 15.4 Å². The molecule has 0 unspecified atom stereocenters. The number of ether oxygens (including phenoxy) is 1. The van der Waals surface area contributed by atoms with Crippen molar-refractivity contribution in [2.75, 3.05) is 30.8 Å². The fourth-order valence-electron chi connectivity index (χ4n) is 3.98. The lowest BCUT2D eigenvalue weighted by molar-refractivity contribution is -0.138. The summed E-state index contributed by atoms with van der Waals surface area (Å²) in [5.41, 5.74) is 6.43. The standard InChI is InChI=1S/C20H19F3N8O/c1-32-14-6-2-5-13-15(14)27-18(24)31-17(13)28-16(29-31)11-4-3-7-30(10-11)19-25-8-12(9-26-19)20(21,22)23/h2,5-6,8-9,11H,3-4,7,10H2,1H3,(H2,24,27)/t11-/m1/s1. The Morgan fingerprint density at radius 3 is 2.66 bits per heavy atom. The highest BCUT2D eigenvalue weighted by Crippen LogP contribution is 2.32. The van der Waals surface area contributed by atoms with Gasteiger partial charge in [0.15, 0.2) is 11.5 Å². The number of piperidine rings is 1. The summed E-state index contributed by atoms with van der Waals surface area (Å²) < 4.78 is 45.3. The third-order valence-electron chi connectivity index (χ3n) is 5.56. The summed E-state index contributed by atoms with van der Waals surface area (Å²) in [6, 6.07) is 5.52. The van der Waals surface area contributed by atoms with Crippen molar-refractivity contribution in [1.82, 2.24) is 29.5 Å². The van der Waals surface area contributed by atoms with Gasteiger partial charge in [-0.3, -0.25) is 0 Å². The molecular weight excluding hydrogens is 425 g/mol. The second kappa shape index (κ2) is 7.46. The monoisotopic (exact) mass is 444 g/mol. The molecular formula is C20H19F3N8O. The Labute approximate surface area is 180 Å². The van der Waals surface area contributed by atoms with Crippen LogP contribution in [0, 0.1) is 0 Å². The van der Waals surface area contributed by atoms with Gasteiger partial charge in [-0.1, -0.05) is 6.07 Å². The summed E-state index contributed by atoms with van der Waals surface area (Å²) in [5.74, 6) is 1.56. The Bertz CT molecular complexity index is 1290. The number of methoxy groups -OCH3 is 1. The predicted molar refractivity (Wildman–Crippen MR) is 110 cm³/mol. The van der Waals surface area contributed by atoms with Crippen molar-refractivity contribution >= 4 is 28.4 Å². The lowest BCUT2D eigenvalue weighted by atomic mass is 9.98. The van der Waals surface area contributed by atoms with Crippen LogP contribution in [0.15, 0.2) is 30.6 Å². The molecule has 0 amide bonds. The molecule has 166 valence electrons. The van der Waals surface area contributed by atoms with Crippen molar-refractivity contribution in [3.63, 3.8) is 0 Å². The molecule has 1 aromatic carbocycles.